The molecule has 3 aliphatic rings. The molecule has 0 atom stereocenters. The van der Waals surface area contributed by atoms with Gasteiger partial charge < -0.3 is 0 Å². The van der Waals surface area contributed by atoms with Crippen LogP contribution < -0.4 is 0 Å². The number of amides is 2. The van der Waals surface area contributed by atoms with Crippen molar-refractivity contribution in [3.05, 3.63) is 71.8 Å². The Balaban J connectivity index is 1.60. The molecule has 31 heavy (non-hydrogen) atoms. The molecule has 0 N–H and O–H groups in total. The largest absolute Gasteiger partial charge is 0.275 e. The number of carbonyl (C=O) groups is 2. The highest BCUT2D eigenvalue weighted by Crippen LogP contribution is 2.53. The first-order valence-electron chi connectivity index (χ1n) is 11.9. The van der Waals surface area contributed by atoms with Crippen molar-refractivity contribution in [2.24, 2.45) is 11.8 Å². The summed E-state index contributed by atoms with van der Waals surface area (Å²) in [5, 5.41) is 3.75. The quantitative estimate of drug-likeness (QED) is 0.596. The Hall–Kier alpha value is -2.46. The van der Waals surface area contributed by atoms with E-state index in [1.54, 1.807) is 0 Å². The number of nitrogens with zero attached hydrogens (tertiary/aromatic N) is 2. The Bertz CT molecular complexity index is 899. The third-order valence-corrected chi connectivity index (χ3v) is 7.91. The first-order chi connectivity index (χ1) is 15.2. The Labute approximate surface area is 185 Å². The maximum absolute atomic E-state index is 13.6. The molecule has 0 aromatic heterocycles. The lowest BCUT2D eigenvalue weighted by molar-refractivity contribution is -0.138. The van der Waals surface area contributed by atoms with E-state index in [1.807, 2.05) is 48.5 Å². The number of carbonyl (C=O) groups excluding carboxylic acids is 2. The zero-order valence-corrected chi connectivity index (χ0v) is 18.2. The minimum Gasteiger partial charge on any atom is -0.273 e. The summed E-state index contributed by atoms with van der Waals surface area (Å²) in [6.45, 7) is 0.609. The summed E-state index contributed by atoms with van der Waals surface area (Å²) in [5.41, 5.74) is 1.51. The topological polar surface area (TPSA) is 40.6 Å². The van der Waals surface area contributed by atoms with Crippen LogP contribution in [0.1, 0.15) is 73.7 Å². The lowest BCUT2D eigenvalue weighted by atomic mass is 9.70. The summed E-state index contributed by atoms with van der Waals surface area (Å²) in [4.78, 5) is 27.2. The highest BCUT2D eigenvalue weighted by molar-refractivity contribution is 6.05. The molecule has 0 spiro atoms. The van der Waals surface area contributed by atoms with Crippen LogP contribution >= 0.6 is 0 Å². The predicted molar refractivity (Wildman–Crippen MR) is 121 cm³/mol. The minimum absolute atomic E-state index is 0.0245. The van der Waals surface area contributed by atoms with Gasteiger partial charge in [-0.05, 0) is 55.2 Å². The van der Waals surface area contributed by atoms with E-state index in [0.717, 1.165) is 5.56 Å². The molecule has 1 saturated heterocycles. The monoisotopic (exact) mass is 416 g/mol. The van der Waals surface area contributed by atoms with Crippen LogP contribution in [-0.4, -0.2) is 27.4 Å². The Morgan fingerprint density at radius 1 is 0.806 bits per heavy atom. The van der Waals surface area contributed by atoms with Crippen molar-refractivity contribution in [2.75, 3.05) is 0 Å². The summed E-state index contributed by atoms with van der Waals surface area (Å²) in [5.74, 6) is 0.761. The maximum atomic E-state index is 13.6. The first-order valence-corrected chi connectivity index (χ1v) is 11.9. The molecule has 2 saturated carbocycles. The second kappa shape index (κ2) is 8.58. The zero-order chi connectivity index (χ0) is 21.3. The van der Waals surface area contributed by atoms with Gasteiger partial charge in [0, 0.05) is 18.5 Å². The number of benzene rings is 2. The van der Waals surface area contributed by atoms with Crippen LogP contribution in [0.2, 0.25) is 0 Å². The predicted octanol–water partition coefficient (Wildman–Crippen LogP) is 5.60. The Morgan fingerprint density at radius 2 is 1.32 bits per heavy atom. The molecule has 2 aromatic carbocycles. The number of hydrazine groups is 1. The van der Waals surface area contributed by atoms with Crippen molar-refractivity contribution in [3.8, 4) is 0 Å². The molecule has 2 aliphatic carbocycles. The van der Waals surface area contributed by atoms with Gasteiger partial charge in [-0.1, -0.05) is 74.2 Å². The molecule has 2 amide bonds. The second-order valence-electron chi connectivity index (χ2n) is 9.55. The normalized spacial score (nSPS) is 22.5. The molecule has 0 unspecified atom stereocenters. The van der Waals surface area contributed by atoms with Crippen LogP contribution in [0.4, 0.5) is 0 Å². The lowest BCUT2D eigenvalue weighted by Crippen LogP contribution is -2.58. The van der Waals surface area contributed by atoms with Gasteiger partial charge in [-0.2, -0.15) is 5.01 Å². The molecule has 0 radical (unpaired) electrons. The molecule has 0 bridgehead atoms. The van der Waals surface area contributed by atoms with Crippen molar-refractivity contribution in [1.82, 2.24) is 10.0 Å². The van der Waals surface area contributed by atoms with Gasteiger partial charge in [0.2, 0.25) is 5.91 Å². The van der Waals surface area contributed by atoms with Crippen molar-refractivity contribution >= 4 is 11.8 Å². The van der Waals surface area contributed by atoms with Crippen molar-refractivity contribution in [1.29, 1.82) is 0 Å². The molecule has 1 heterocycles. The van der Waals surface area contributed by atoms with Gasteiger partial charge in [0.25, 0.3) is 5.91 Å². The van der Waals surface area contributed by atoms with Crippen molar-refractivity contribution in [2.45, 2.75) is 69.9 Å². The second-order valence-corrected chi connectivity index (χ2v) is 9.55. The van der Waals surface area contributed by atoms with E-state index in [2.05, 4.69) is 17.1 Å². The van der Waals surface area contributed by atoms with E-state index in [9.17, 15) is 9.59 Å². The summed E-state index contributed by atoms with van der Waals surface area (Å²) >= 11 is 0. The first kappa shape index (κ1) is 20.4. The molecule has 162 valence electrons. The molecule has 1 aliphatic heterocycles. The van der Waals surface area contributed by atoms with E-state index < -0.39 is 0 Å². The molecule has 4 nitrogen and oxygen atoms in total. The van der Waals surface area contributed by atoms with Gasteiger partial charge in [0.05, 0.1) is 5.54 Å². The third-order valence-electron chi connectivity index (χ3n) is 7.91. The fraction of sp³-hybridized carbons (Fsp3) is 0.481. The molecule has 3 fully saturated rings. The fourth-order valence-electron chi connectivity index (χ4n) is 6.52. The van der Waals surface area contributed by atoms with Gasteiger partial charge in [-0.3, -0.25) is 9.59 Å². The van der Waals surface area contributed by atoms with Crippen LogP contribution in [0.15, 0.2) is 60.7 Å². The van der Waals surface area contributed by atoms with E-state index in [-0.39, 0.29) is 17.4 Å². The lowest BCUT2D eigenvalue weighted by Gasteiger charge is -2.48. The van der Waals surface area contributed by atoms with Gasteiger partial charge in [0.1, 0.15) is 0 Å². The van der Waals surface area contributed by atoms with Crippen LogP contribution in [-0.2, 0) is 11.3 Å². The average molecular weight is 417 g/mol. The Morgan fingerprint density at radius 3 is 1.87 bits per heavy atom. The average Bonchev–Trinajstić information content (AvgIpc) is 3.57. The highest BCUT2D eigenvalue weighted by atomic mass is 16.2. The van der Waals surface area contributed by atoms with Gasteiger partial charge in [0.15, 0.2) is 0 Å². The van der Waals surface area contributed by atoms with Gasteiger partial charge in [-0.15, -0.1) is 0 Å². The molecule has 4 heteroatoms. The molecular weight excluding hydrogens is 384 g/mol. The fourth-order valence-corrected chi connectivity index (χ4v) is 6.52. The van der Waals surface area contributed by atoms with Crippen LogP contribution in [0.25, 0.3) is 0 Å². The van der Waals surface area contributed by atoms with Crippen LogP contribution in [0.3, 0.4) is 0 Å². The van der Waals surface area contributed by atoms with Gasteiger partial charge in [-0.25, -0.2) is 5.01 Å². The summed E-state index contributed by atoms with van der Waals surface area (Å²) < 4.78 is 0. The van der Waals surface area contributed by atoms with E-state index in [1.165, 1.54) is 56.4 Å². The third kappa shape index (κ3) is 3.61. The number of hydrogen-bond donors (Lipinski definition) is 0. The van der Waals surface area contributed by atoms with E-state index in [4.69, 9.17) is 0 Å². The molecule has 2 aromatic rings. The minimum atomic E-state index is -0.232. The standard InChI is InChI=1S/C27H32N2O2/c30-25-19-27(23-15-7-8-16-23,24-17-9-10-18-24)28(20-21-11-3-1-4-12-21)29(25)26(31)22-13-5-2-6-14-22/h1-6,11-14,23-24H,7-10,15-20H2. The molecule has 5 rings (SSSR count). The number of hydrogen-bond acceptors (Lipinski definition) is 3. The number of imide groups is 1. The van der Waals surface area contributed by atoms with Crippen molar-refractivity contribution in [3.63, 3.8) is 0 Å². The van der Waals surface area contributed by atoms with Crippen LogP contribution in [0, 0.1) is 11.8 Å². The van der Waals surface area contributed by atoms with E-state index >= 15 is 0 Å². The highest BCUT2D eigenvalue weighted by Gasteiger charge is 2.60. The Kier molecular flexibility index (Phi) is 5.66. The van der Waals surface area contributed by atoms with E-state index in [0.29, 0.717) is 30.4 Å². The zero-order valence-electron chi connectivity index (χ0n) is 18.2. The summed E-state index contributed by atoms with van der Waals surface area (Å²) in [6.07, 6.45) is 10.1. The molecular formula is C27H32N2O2. The van der Waals surface area contributed by atoms with Crippen LogP contribution in [0.5, 0.6) is 0 Å². The van der Waals surface area contributed by atoms with Crippen molar-refractivity contribution < 1.29 is 9.59 Å². The van der Waals surface area contributed by atoms with Gasteiger partial charge >= 0.3 is 0 Å². The smallest absolute Gasteiger partial charge is 0.273 e. The SMILES string of the molecule is O=C1CC(C2CCCC2)(C2CCCC2)N(Cc2ccccc2)N1C(=O)c1ccccc1. The summed E-state index contributed by atoms with van der Waals surface area (Å²) in [6, 6.07) is 19.6. The number of rotatable bonds is 5. The summed E-state index contributed by atoms with van der Waals surface area (Å²) in [7, 11) is 0. The maximum Gasteiger partial charge on any atom is 0.275 e.